The number of rotatable bonds is 5. The molecule has 0 aliphatic rings. The maximum absolute atomic E-state index is 10.0. The van der Waals surface area contributed by atoms with Crippen LogP contribution in [-0.4, -0.2) is 11.5 Å². The number of hydrogen-bond donors (Lipinski definition) is 0. The summed E-state index contributed by atoms with van der Waals surface area (Å²) in [7, 11) is 0. The van der Waals surface area contributed by atoms with Gasteiger partial charge in [0.25, 0.3) is 0 Å². The van der Waals surface area contributed by atoms with Crippen molar-refractivity contribution in [1.29, 1.82) is 0 Å². The van der Waals surface area contributed by atoms with Crippen LogP contribution in [-0.2, 0) is 6.42 Å². The Hall–Kier alpha value is -1.09. The molecule has 4 heteroatoms. The molecular formula is C10H12ClNO2. The molecule has 0 spiro atoms. The fraction of sp³-hybridized carbons (Fsp3) is 0.400. The van der Waals surface area contributed by atoms with E-state index in [-0.39, 0.29) is 11.5 Å². The van der Waals surface area contributed by atoms with Crippen LogP contribution in [0.1, 0.15) is 18.4 Å². The van der Waals surface area contributed by atoms with Crippen molar-refractivity contribution in [3.05, 3.63) is 45.0 Å². The van der Waals surface area contributed by atoms with E-state index in [1.165, 1.54) is 0 Å². The fourth-order valence-electron chi connectivity index (χ4n) is 1.26. The first kappa shape index (κ1) is 11.0. The molecular weight excluding hydrogens is 202 g/mol. The lowest BCUT2D eigenvalue weighted by Crippen LogP contribution is -2.00. The van der Waals surface area contributed by atoms with E-state index in [0.29, 0.717) is 6.42 Å². The number of nitro groups is 1. The van der Waals surface area contributed by atoms with Crippen molar-refractivity contribution in [3.63, 3.8) is 0 Å². The molecule has 0 aliphatic carbocycles. The van der Waals surface area contributed by atoms with Crippen LogP contribution in [0.15, 0.2) is 24.3 Å². The summed E-state index contributed by atoms with van der Waals surface area (Å²) in [6.07, 6.45) is 2.31. The Morgan fingerprint density at radius 1 is 1.36 bits per heavy atom. The molecule has 0 radical (unpaired) electrons. The van der Waals surface area contributed by atoms with Gasteiger partial charge in [0.1, 0.15) is 0 Å². The molecule has 3 nitrogen and oxygen atoms in total. The maximum Gasteiger partial charge on any atom is 0.203 e. The van der Waals surface area contributed by atoms with Crippen LogP contribution < -0.4 is 0 Å². The van der Waals surface area contributed by atoms with Crippen LogP contribution in [0.25, 0.3) is 0 Å². The summed E-state index contributed by atoms with van der Waals surface area (Å²) >= 11 is 5.80. The fourth-order valence-corrected chi connectivity index (χ4v) is 1.48. The quantitative estimate of drug-likeness (QED) is 0.429. The summed E-state index contributed by atoms with van der Waals surface area (Å²) < 4.78 is 0. The van der Waals surface area contributed by atoms with E-state index in [2.05, 4.69) is 0 Å². The third-order valence-electron chi connectivity index (χ3n) is 1.95. The number of unbranched alkanes of at least 4 members (excludes halogenated alkanes) is 1. The summed E-state index contributed by atoms with van der Waals surface area (Å²) in [6.45, 7) is 0.0561. The van der Waals surface area contributed by atoms with Crippen LogP contribution in [0.5, 0.6) is 0 Å². The van der Waals surface area contributed by atoms with Gasteiger partial charge in [-0.3, -0.25) is 10.1 Å². The van der Waals surface area contributed by atoms with Crippen LogP contribution >= 0.6 is 11.6 Å². The predicted octanol–water partition coefficient (Wildman–Crippen LogP) is 2.94. The molecule has 0 bridgehead atoms. The Morgan fingerprint density at radius 2 is 2.14 bits per heavy atom. The van der Waals surface area contributed by atoms with Gasteiger partial charge in [0.15, 0.2) is 0 Å². The molecule has 1 aromatic carbocycles. The summed E-state index contributed by atoms with van der Waals surface area (Å²) in [6, 6.07) is 7.60. The zero-order valence-corrected chi connectivity index (χ0v) is 8.54. The Bertz CT molecular complexity index is 315. The molecule has 0 fully saturated rings. The second kappa shape index (κ2) is 5.60. The van der Waals surface area contributed by atoms with Gasteiger partial charge < -0.3 is 0 Å². The van der Waals surface area contributed by atoms with Crippen molar-refractivity contribution in [3.8, 4) is 0 Å². The smallest absolute Gasteiger partial charge is 0.203 e. The second-order valence-electron chi connectivity index (χ2n) is 3.14. The Morgan fingerprint density at radius 3 is 2.79 bits per heavy atom. The lowest BCUT2D eigenvalue weighted by molar-refractivity contribution is -0.480. The maximum atomic E-state index is 10.0. The van der Waals surface area contributed by atoms with E-state index in [4.69, 9.17) is 11.6 Å². The van der Waals surface area contributed by atoms with Crippen molar-refractivity contribution in [2.24, 2.45) is 0 Å². The van der Waals surface area contributed by atoms with Gasteiger partial charge in [-0.05, 0) is 30.5 Å². The molecule has 0 heterocycles. The van der Waals surface area contributed by atoms with Crippen molar-refractivity contribution < 1.29 is 4.92 Å². The summed E-state index contributed by atoms with van der Waals surface area (Å²) in [5.74, 6) is 0. The minimum absolute atomic E-state index is 0.0561. The predicted molar refractivity (Wildman–Crippen MR) is 56.3 cm³/mol. The lowest BCUT2D eigenvalue weighted by Gasteiger charge is -1.99. The molecule has 1 rings (SSSR count). The van der Waals surface area contributed by atoms with Gasteiger partial charge in [0.05, 0.1) is 0 Å². The molecule has 0 aliphatic heterocycles. The van der Waals surface area contributed by atoms with Crippen molar-refractivity contribution in [1.82, 2.24) is 0 Å². The van der Waals surface area contributed by atoms with Crippen molar-refractivity contribution in [2.75, 3.05) is 6.54 Å². The highest BCUT2D eigenvalue weighted by Gasteiger charge is 1.98. The molecule has 0 aromatic heterocycles. The van der Waals surface area contributed by atoms with E-state index < -0.39 is 0 Å². The molecule has 0 N–H and O–H groups in total. The number of hydrogen-bond acceptors (Lipinski definition) is 2. The van der Waals surface area contributed by atoms with Gasteiger partial charge in [-0.2, -0.15) is 0 Å². The van der Waals surface area contributed by atoms with Gasteiger partial charge in [0, 0.05) is 16.4 Å². The van der Waals surface area contributed by atoms with E-state index >= 15 is 0 Å². The van der Waals surface area contributed by atoms with Crippen LogP contribution in [0, 0.1) is 10.1 Å². The monoisotopic (exact) mass is 213 g/mol. The molecule has 0 atom stereocenters. The van der Waals surface area contributed by atoms with Crippen LogP contribution in [0.2, 0.25) is 5.02 Å². The van der Waals surface area contributed by atoms with Crippen LogP contribution in [0.3, 0.4) is 0 Å². The topological polar surface area (TPSA) is 43.1 Å². The van der Waals surface area contributed by atoms with Crippen molar-refractivity contribution >= 4 is 11.6 Å². The Balaban J connectivity index is 2.28. The minimum atomic E-state index is -0.280. The highest BCUT2D eigenvalue weighted by Crippen LogP contribution is 2.12. The highest BCUT2D eigenvalue weighted by atomic mass is 35.5. The zero-order valence-electron chi connectivity index (χ0n) is 7.78. The van der Waals surface area contributed by atoms with Crippen molar-refractivity contribution in [2.45, 2.75) is 19.3 Å². The Labute approximate surface area is 87.8 Å². The normalized spacial score (nSPS) is 10.1. The molecule has 0 unspecified atom stereocenters. The Kier molecular flexibility index (Phi) is 4.40. The zero-order chi connectivity index (χ0) is 10.4. The molecule has 0 saturated carbocycles. The number of benzene rings is 1. The van der Waals surface area contributed by atoms with Gasteiger partial charge in [-0.25, -0.2) is 0 Å². The SMILES string of the molecule is O=[N+]([O-])CCCCc1cccc(Cl)c1. The first-order chi connectivity index (χ1) is 6.68. The number of nitrogens with zero attached hydrogens (tertiary/aromatic N) is 1. The lowest BCUT2D eigenvalue weighted by atomic mass is 10.1. The third kappa shape index (κ3) is 4.23. The second-order valence-corrected chi connectivity index (χ2v) is 3.58. The van der Waals surface area contributed by atoms with E-state index in [0.717, 1.165) is 23.4 Å². The summed E-state index contributed by atoms with van der Waals surface area (Å²) in [5.41, 5.74) is 1.14. The average molecular weight is 214 g/mol. The van der Waals surface area contributed by atoms with E-state index in [1.807, 2.05) is 24.3 Å². The average Bonchev–Trinajstić information content (AvgIpc) is 2.12. The largest absolute Gasteiger partial charge is 0.265 e. The number of aryl methyl sites for hydroxylation is 1. The third-order valence-corrected chi connectivity index (χ3v) is 2.18. The molecule has 76 valence electrons. The van der Waals surface area contributed by atoms with Gasteiger partial charge in [-0.1, -0.05) is 23.7 Å². The summed E-state index contributed by atoms with van der Waals surface area (Å²) in [4.78, 5) is 9.77. The van der Waals surface area contributed by atoms with Gasteiger partial charge >= 0.3 is 0 Å². The highest BCUT2D eigenvalue weighted by molar-refractivity contribution is 6.30. The first-order valence-corrected chi connectivity index (χ1v) is 4.92. The van der Waals surface area contributed by atoms with Gasteiger partial charge in [-0.15, -0.1) is 0 Å². The first-order valence-electron chi connectivity index (χ1n) is 4.55. The molecule has 14 heavy (non-hydrogen) atoms. The van der Waals surface area contributed by atoms with E-state index in [1.54, 1.807) is 0 Å². The molecule has 1 aromatic rings. The standard InChI is InChI=1S/C10H12ClNO2/c11-10-6-3-5-9(8-10)4-1-2-7-12(13)14/h3,5-6,8H,1-2,4,7H2. The summed E-state index contributed by atoms with van der Waals surface area (Å²) in [5, 5.41) is 10.8. The molecule has 0 saturated heterocycles. The minimum Gasteiger partial charge on any atom is -0.265 e. The van der Waals surface area contributed by atoms with E-state index in [9.17, 15) is 10.1 Å². The van der Waals surface area contributed by atoms with Gasteiger partial charge in [0.2, 0.25) is 6.54 Å². The molecule has 0 amide bonds. The van der Waals surface area contributed by atoms with Crippen LogP contribution in [0.4, 0.5) is 0 Å². The number of halogens is 1.